The van der Waals surface area contributed by atoms with Gasteiger partial charge in [0.25, 0.3) is 0 Å². The first-order valence-corrected chi connectivity index (χ1v) is 12.7. The number of Topliss-reactive ketones (excluding diaryl/α,β-unsaturated/α-hetero) is 1. The van der Waals surface area contributed by atoms with Gasteiger partial charge in [-0.1, -0.05) is 20.8 Å². The number of alkyl carbamates (subject to hydrolysis) is 1. The van der Waals surface area contributed by atoms with Gasteiger partial charge in [-0.2, -0.15) is 0 Å². The van der Waals surface area contributed by atoms with E-state index in [1.807, 2.05) is 0 Å². The topological polar surface area (TPSA) is 90.9 Å². The summed E-state index contributed by atoms with van der Waals surface area (Å²) in [6.45, 7) is 16.6. The molecule has 1 N–H and O–H groups in total. The van der Waals surface area contributed by atoms with Crippen LogP contribution in [0.3, 0.4) is 0 Å². The van der Waals surface area contributed by atoms with E-state index >= 15 is 0 Å². The molecular weight excluding hydrogens is 378 g/mol. The lowest BCUT2D eigenvalue weighted by atomic mass is 10.0. The van der Waals surface area contributed by atoms with Crippen LogP contribution in [0, 0.1) is 0 Å². The third-order valence-corrected chi connectivity index (χ3v) is 9.33. The van der Waals surface area contributed by atoms with Gasteiger partial charge in [-0.3, -0.25) is 9.59 Å². The lowest BCUT2D eigenvalue weighted by molar-refractivity contribution is -0.142. The van der Waals surface area contributed by atoms with Crippen LogP contribution < -0.4 is 5.32 Å². The fourth-order valence-corrected chi connectivity index (χ4v) is 3.18. The van der Waals surface area contributed by atoms with E-state index in [2.05, 4.69) is 43.9 Å². The Morgan fingerprint density at radius 2 is 1.57 bits per heavy atom. The highest BCUT2D eigenvalue weighted by molar-refractivity contribution is 6.74. The van der Waals surface area contributed by atoms with Gasteiger partial charge in [-0.15, -0.1) is 0 Å². The highest BCUT2D eigenvalue weighted by Gasteiger charge is 2.37. The van der Waals surface area contributed by atoms with Gasteiger partial charge in [0.05, 0.1) is 19.6 Å². The van der Waals surface area contributed by atoms with Crippen molar-refractivity contribution < 1.29 is 28.3 Å². The molecule has 0 spiro atoms. The first-order chi connectivity index (χ1) is 12.6. The van der Waals surface area contributed by atoms with E-state index in [1.54, 1.807) is 20.8 Å². The molecule has 0 heterocycles. The zero-order valence-corrected chi connectivity index (χ0v) is 20.1. The normalized spacial score (nSPS) is 13.6. The largest absolute Gasteiger partial charge is 0.469 e. The second-order valence-corrected chi connectivity index (χ2v) is 14.3. The Morgan fingerprint density at radius 3 is 2.04 bits per heavy atom. The molecule has 0 aliphatic rings. The summed E-state index contributed by atoms with van der Waals surface area (Å²) in [6, 6.07) is -0.720. The Kier molecular flexibility index (Phi) is 10.4. The Labute approximate surface area is 171 Å². The molecule has 0 bridgehead atoms. The molecule has 0 unspecified atom stereocenters. The van der Waals surface area contributed by atoms with Crippen molar-refractivity contribution >= 4 is 26.2 Å². The molecule has 0 aliphatic heterocycles. The number of ether oxygens (including phenoxy) is 2. The maximum Gasteiger partial charge on any atom is 0.408 e. The van der Waals surface area contributed by atoms with Crippen LogP contribution in [0.4, 0.5) is 4.79 Å². The molecule has 0 aromatic carbocycles. The molecule has 8 heteroatoms. The van der Waals surface area contributed by atoms with Crippen LogP contribution in [0.25, 0.3) is 0 Å². The van der Waals surface area contributed by atoms with Crippen LogP contribution in [0.2, 0.25) is 18.1 Å². The summed E-state index contributed by atoms with van der Waals surface area (Å²) in [6.07, 6.45) is 0.401. The third kappa shape index (κ3) is 10.8. The van der Waals surface area contributed by atoms with E-state index < -0.39 is 32.0 Å². The standard InChI is InChI=1S/C20H39NO6Si/c1-19(2,3)27-18(24)21-15(16(22)12-13-17(23)25-7)11-10-14-26-28(8,9)20(4,5)6/h15H,10-14H2,1-9H3,(H,21,24)/t15-/m0/s1. The van der Waals surface area contributed by atoms with E-state index in [0.29, 0.717) is 19.4 Å². The molecule has 164 valence electrons. The molecule has 0 aliphatic carbocycles. The lowest BCUT2D eigenvalue weighted by Crippen LogP contribution is -2.44. The zero-order chi connectivity index (χ0) is 22.2. The van der Waals surface area contributed by atoms with Crippen LogP contribution in [-0.2, 0) is 23.5 Å². The molecule has 1 amide bonds. The maximum atomic E-state index is 12.5. The lowest BCUT2D eigenvalue weighted by Gasteiger charge is -2.36. The molecule has 1 atom stereocenters. The van der Waals surface area contributed by atoms with Crippen LogP contribution in [0.5, 0.6) is 0 Å². The van der Waals surface area contributed by atoms with Crippen LogP contribution in [0.15, 0.2) is 0 Å². The molecule has 0 fully saturated rings. The number of nitrogens with one attached hydrogen (secondary N) is 1. The molecule has 7 nitrogen and oxygen atoms in total. The molecule has 0 radical (unpaired) electrons. The van der Waals surface area contributed by atoms with Gasteiger partial charge in [-0.25, -0.2) is 4.79 Å². The molecule has 0 saturated heterocycles. The molecular formula is C20H39NO6Si. The summed E-state index contributed by atoms with van der Waals surface area (Å²) in [7, 11) is -0.582. The summed E-state index contributed by atoms with van der Waals surface area (Å²) < 4.78 is 16.0. The first-order valence-electron chi connectivity index (χ1n) is 9.82. The molecule has 0 rings (SSSR count). The van der Waals surface area contributed by atoms with Gasteiger partial charge in [0.2, 0.25) is 0 Å². The number of hydrogen-bond donors (Lipinski definition) is 1. The van der Waals surface area contributed by atoms with Crippen molar-refractivity contribution in [2.24, 2.45) is 0 Å². The summed E-state index contributed by atoms with van der Waals surface area (Å²) in [5.41, 5.74) is -0.658. The maximum absolute atomic E-state index is 12.5. The minimum Gasteiger partial charge on any atom is -0.469 e. The average molecular weight is 418 g/mol. The molecule has 0 aromatic rings. The number of hydrogen-bond acceptors (Lipinski definition) is 6. The van der Waals surface area contributed by atoms with Crippen molar-refractivity contribution in [1.82, 2.24) is 5.32 Å². The number of ketones is 1. The highest BCUT2D eigenvalue weighted by atomic mass is 28.4. The van der Waals surface area contributed by atoms with Gasteiger partial charge < -0.3 is 19.2 Å². The number of carbonyl (C=O) groups excluding carboxylic acids is 3. The number of rotatable bonds is 10. The second kappa shape index (κ2) is 10.9. The number of carbonyl (C=O) groups is 3. The summed E-state index contributed by atoms with van der Waals surface area (Å²) >= 11 is 0. The average Bonchev–Trinajstić information content (AvgIpc) is 2.52. The monoisotopic (exact) mass is 417 g/mol. The molecule has 0 aromatic heterocycles. The van der Waals surface area contributed by atoms with E-state index in [4.69, 9.17) is 9.16 Å². The minimum absolute atomic E-state index is 0.0101. The highest BCUT2D eigenvalue weighted by Crippen LogP contribution is 2.36. The van der Waals surface area contributed by atoms with Gasteiger partial charge in [0, 0.05) is 13.0 Å². The van der Waals surface area contributed by atoms with Crippen LogP contribution >= 0.6 is 0 Å². The van der Waals surface area contributed by atoms with Crippen molar-refractivity contribution in [1.29, 1.82) is 0 Å². The summed E-state index contributed by atoms with van der Waals surface area (Å²) in [4.78, 5) is 35.9. The minimum atomic E-state index is -1.86. The fourth-order valence-electron chi connectivity index (χ4n) is 2.10. The Morgan fingerprint density at radius 1 is 1.00 bits per heavy atom. The number of amides is 1. The molecule has 0 saturated carbocycles. The summed E-state index contributed by atoms with van der Waals surface area (Å²) in [5.74, 6) is -0.672. The first kappa shape index (κ1) is 26.6. The van der Waals surface area contributed by atoms with Gasteiger partial charge in [0.1, 0.15) is 5.60 Å². The zero-order valence-electron chi connectivity index (χ0n) is 19.1. The second-order valence-electron chi connectivity index (χ2n) is 9.49. The van der Waals surface area contributed by atoms with Crippen LogP contribution in [-0.4, -0.2) is 51.5 Å². The Balaban J connectivity index is 4.82. The van der Waals surface area contributed by atoms with Crippen molar-refractivity contribution in [3.05, 3.63) is 0 Å². The van der Waals surface area contributed by atoms with Crippen molar-refractivity contribution in [3.63, 3.8) is 0 Å². The fraction of sp³-hybridized carbons (Fsp3) is 0.850. The summed E-state index contributed by atoms with van der Waals surface area (Å²) in [5, 5.41) is 2.74. The predicted octanol–water partition coefficient (Wildman–Crippen LogP) is 4.20. The van der Waals surface area contributed by atoms with Crippen molar-refractivity contribution in [3.8, 4) is 0 Å². The molecule has 28 heavy (non-hydrogen) atoms. The van der Waals surface area contributed by atoms with E-state index in [-0.39, 0.29) is 23.7 Å². The van der Waals surface area contributed by atoms with E-state index in [1.165, 1.54) is 7.11 Å². The van der Waals surface area contributed by atoms with Crippen molar-refractivity contribution in [2.45, 2.75) is 97.0 Å². The number of methoxy groups -OCH3 is 1. The Bertz CT molecular complexity index is 534. The quantitative estimate of drug-likeness (QED) is 0.325. The van der Waals surface area contributed by atoms with Gasteiger partial charge >= 0.3 is 12.1 Å². The van der Waals surface area contributed by atoms with E-state index in [0.717, 1.165) is 0 Å². The van der Waals surface area contributed by atoms with Gasteiger partial charge in [-0.05, 0) is 51.7 Å². The van der Waals surface area contributed by atoms with E-state index in [9.17, 15) is 14.4 Å². The number of esters is 1. The Hall–Kier alpha value is -1.41. The SMILES string of the molecule is COC(=O)CCC(=O)[C@H](CCCO[Si](C)(C)C(C)(C)C)NC(=O)OC(C)(C)C. The van der Waals surface area contributed by atoms with Crippen LogP contribution in [0.1, 0.15) is 67.2 Å². The third-order valence-electron chi connectivity index (χ3n) is 4.79. The van der Waals surface area contributed by atoms with Crippen molar-refractivity contribution in [2.75, 3.05) is 13.7 Å². The predicted molar refractivity (Wildman–Crippen MR) is 112 cm³/mol. The smallest absolute Gasteiger partial charge is 0.408 e. The van der Waals surface area contributed by atoms with Gasteiger partial charge in [0.15, 0.2) is 14.1 Å².